The minimum Gasteiger partial charge on any atom is -0.486 e. The van der Waals surface area contributed by atoms with Gasteiger partial charge in [0, 0.05) is 11.6 Å². The first-order valence-electron chi connectivity index (χ1n) is 6.39. The van der Waals surface area contributed by atoms with Crippen molar-refractivity contribution in [2.45, 2.75) is 38.2 Å². The molecule has 2 nitrogen and oxygen atoms in total. The fourth-order valence-corrected chi connectivity index (χ4v) is 2.63. The first-order valence-corrected chi connectivity index (χ1v) is 6.77. The van der Waals surface area contributed by atoms with E-state index in [0.717, 1.165) is 43.1 Å². The van der Waals surface area contributed by atoms with Crippen molar-refractivity contribution in [2.24, 2.45) is 0 Å². The second kappa shape index (κ2) is 5.74. The van der Waals surface area contributed by atoms with Gasteiger partial charge in [-0.05, 0) is 50.1 Å². The molecular formula is C14H20ClNO. The quantitative estimate of drug-likeness (QED) is 0.885. The van der Waals surface area contributed by atoms with Crippen molar-refractivity contribution in [3.05, 3.63) is 29.3 Å². The SMILES string of the molecule is CCCC1(Oc2ccc(Cl)cc2)CCCNC1. The summed E-state index contributed by atoms with van der Waals surface area (Å²) < 4.78 is 6.22. The van der Waals surface area contributed by atoms with Gasteiger partial charge in [0.05, 0.1) is 0 Å². The van der Waals surface area contributed by atoms with Crippen molar-refractivity contribution >= 4 is 11.6 Å². The Bertz CT molecular complexity index is 338. The Morgan fingerprint density at radius 1 is 1.35 bits per heavy atom. The van der Waals surface area contributed by atoms with Crippen LogP contribution in [0.3, 0.4) is 0 Å². The van der Waals surface area contributed by atoms with Gasteiger partial charge in [-0.25, -0.2) is 0 Å². The highest BCUT2D eigenvalue weighted by Crippen LogP contribution is 2.29. The largest absolute Gasteiger partial charge is 0.486 e. The van der Waals surface area contributed by atoms with E-state index in [2.05, 4.69) is 12.2 Å². The predicted octanol–water partition coefficient (Wildman–Crippen LogP) is 3.64. The first-order chi connectivity index (χ1) is 8.24. The van der Waals surface area contributed by atoms with Gasteiger partial charge in [0.25, 0.3) is 0 Å². The van der Waals surface area contributed by atoms with Gasteiger partial charge in [0.1, 0.15) is 11.4 Å². The Morgan fingerprint density at radius 2 is 2.12 bits per heavy atom. The fourth-order valence-electron chi connectivity index (χ4n) is 2.50. The molecule has 0 aliphatic carbocycles. The molecule has 1 heterocycles. The standard InChI is InChI=1S/C14H20ClNO/c1-2-8-14(9-3-10-16-11-14)17-13-6-4-12(15)5-7-13/h4-7,16H,2-3,8-11H2,1H3. The fraction of sp³-hybridized carbons (Fsp3) is 0.571. The maximum atomic E-state index is 6.22. The maximum Gasteiger partial charge on any atom is 0.121 e. The molecule has 1 atom stereocenters. The number of halogens is 1. The van der Waals surface area contributed by atoms with Crippen LogP contribution in [0, 0.1) is 0 Å². The van der Waals surface area contributed by atoms with E-state index in [1.807, 2.05) is 24.3 Å². The van der Waals surface area contributed by atoms with Crippen LogP contribution in [-0.2, 0) is 0 Å². The van der Waals surface area contributed by atoms with Crippen molar-refractivity contribution in [3.8, 4) is 5.75 Å². The zero-order valence-corrected chi connectivity index (χ0v) is 11.1. The number of benzene rings is 1. The molecule has 1 saturated heterocycles. The maximum absolute atomic E-state index is 6.22. The average Bonchev–Trinajstić information content (AvgIpc) is 2.34. The normalized spacial score (nSPS) is 24.6. The molecule has 1 aliphatic heterocycles. The molecule has 2 rings (SSSR count). The van der Waals surface area contributed by atoms with Gasteiger partial charge in [-0.15, -0.1) is 0 Å². The van der Waals surface area contributed by atoms with Crippen molar-refractivity contribution in [3.63, 3.8) is 0 Å². The van der Waals surface area contributed by atoms with E-state index in [4.69, 9.17) is 16.3 Å². The lowest BCUT2D eigenvalue weighted by Gasteiger charge is -2.38. The van der Waals surface area contributed by atoms with Crippen molar-refractivity contribution in [1.82, 2.24) is 5.32 Å². The Labute approximate surface area is 108 Å². The number of hydrogen-bond acceptors (Lipinski definition) is 2. The lowest BCUT2D eigenvalue weighted by atomic mass is 9.89. The molecule has 1 N–H and O–H groups in total. The predicted molar refractivity (Wildman–Crippen MR) is 71.8 cm³/mol. The highest BCUT2D eigenvalue weighted by molar-refractivity contribution is 6.30. The average molecular weight is 254 g/mol. The van der Waals surface area contributed by atoms with E-state index in [1.165, 1.54) is 6.42 Å². The van der Waals surface area contributed by atoms with Gasteiger partial charge in [0.15, 0.2) is 0 Å². The van der Waals surface area contributed by atoms with E-state index in [-0.39, 0.29) is 5.60 Å². The number of hydrogen-bond donors (Lipinski definition) is 1. The van der Waals surface area contributed by atoms with Crippen molar-refractivity contribution in [2.75, 3.05) is 13.1 Å². The van der Waals surface area contributed by atoms with Gasteiger partial charge in [-0.3, -0.25) is 0 Å². The topological polar surface area (TPSA) is 21.3 Å². The van der Waals surface area contributed by atoms with Crippen LogP contribution >= 0.6 is 11.6 Å². The van der Waals surface area contributed by atoms with Crippen LogP contribution in [0.5, 0.6) is 5.75 Å². The summed E-state index contributed by atoms with van der Waals surface area (Å²) in [4.78, 5) is 0. The third-order valence-electron chi connectivity index (χ3n) is 3.29. The molecule has 1 fully saturated rings. The molecule has 0 bridgehead atoms. The summed E-state index contributed by atoms with van der Waals surface area (Å²) in [5.74, 6) is 0.923. The molecule has 0 spiro atoms. The van der Waals surface area contributed by atoms with E-state index >= 15 is 0 Å². The monoisotopic (exact) mass is 253 g/mol. The van der Waals surface area contributed by atoms with E-state index in [9.17, 15) is 0 Å². The Balaban J connectivity index is 2.08. The minimum atomic E-state index is -0.0270. The highest BCUT2D eigenvalue weighted by atomic mass is 35.5. The van der Waals surface area contributed by atoms with Gasteiger partial charge in [-0.1, -0.05) is 24.9 Å². The number of ether oxygens (including phenoxy) is 1. The zero-order valence-electron chi connectivity index (χ0n) is 10.3. The van der Waals surface area contributed by atoms with Crippen molar-refractivity contribution < 1.29 is 4.74 Å². The lowest BCUT2D eigenvalue weighted by Crippen LogP contribution is -2.49. The van der Waals surface area contributed by atoms with E-state index in [1.54, 1.807) is 0 Å². The minimum absolute atomic E-state index is 0.0270. The second-order valence-electron chi connectivity index (χ2n) is 4.77. The summed E-state index contributed by atoms with van der Waals surface area (Å²) in [6.45, 7) is 4.26. The second-order valence-corrected chi connectivity index (χ2v) is 5.21. The van der Waals surface area contributed by atoms with Crippen LogP contribution in [0.2, 0.25) is 5.02 Å². The van der Waals surface area contributed by atoms with Crippen LogP contribution in [0.25, 0.3) is 0 Å². The zero-order chi connectivity index (χ0) is 12.1. The summed E-state index contributed by atoms with van der Waals surface area (Å²) in [6, 6.07) is 7.67. The summed E-state index contributed by atoms with van der Waals surface area (Å²) in [5.41, 5.74) is -0.0270. The summed E-state index contributed by atoms with van der Waals surface area (Å²) >= 11 is 5.88. The summed E-state index contributed by atoms with van der Waals surface area (Å²) in [6.07, 6.45) is 4.57. The van der Waals surface area contributed by atoms with Gasteiger partial charge in [0.2, 0.25) is 0 Å². The van der Waals surface area contributed by atoms with Crippen LogP contribution in [-0.4, -0.2) is 18.7 Å². The Hall–Kier alpha value is -0.730. The Morgan fingerprint density at radius 3 is 2.71 bits per heavy atom. The Kier molecular flexibility index (Phi) is 4.30. The van der Waals surface area contributed by atoms with Crippen LogP contribution < -0.4 is 10.1 Å². The first kappa shape index (κ1) is 12.7. The molecule has 3 heteroatoms. The van der Waals surface area contributed by atoms with Crippen LogP contribution in [0.4, 0.5) is 0 Å². The summed E-state index contributed by atoms with van der Waals surface area (Å²) in [7, 11) is 0. The van der Waals surface area contributed by atoms with Gasteiger partial charge in [-0.2, -0.15) is 0 Å². The van der Waals surface area contributed by atoms with Crippen LogP contribution in [0.1, 0.15) is 32.6 Å². The molecular weight excluding hydrogens is 234 g/mol. The van der Waals surface area contributed by atoms with Gasteiger partial charge >= 0.3 is 0 Å². The smallest absolute Gasteiger partial charge is 0.121 e. The van der Waals surface area contributed by atoms with Gasteiger partial charge < -0.3 is 10.1 Å². The molecule has 0 radical (unpaired) electrons. The molecule has 1 aromatic rings. The summed E-state index contributed by atoms with van der Waals surface area (Å²) in [5, 5.41) is 4.19. The van der Waals surface area contributed by atoms with Crippen LogP contribution in [0.15, 0.2) is 24.3 Å². The molecule has 1 aromatic carbocycles. The third kappa shape index (κ3) is 3.36. The lowest BCUT2D eigenvalue weighted by molar-refractivity contribution is 0.0337. The molecule has 1 aliphatic rings. The number of piperidine rings is 1. The molecule has 94 valence electrons. The van der Waals surface area contributed by atoms with Crippen molar-refractivity contribution in [1.29, 1.82) is 0 Å². The van der Waals surface area contributed by atoms with E-state index < -0.39 is 0 Å². The van der Waals surface area contributed by atoms with E-state index in [0.29, 0.717) is 0 Å². The molecule has 0 aromatic heterocycles. The molecule has 0 amide bonds. The molecule has 17 heavy (non-hydrogen) atoms. The molecule has 0 saturated carbocycles. The third-order valence-corrected chi connectivity index (χ3v) is 3.54. The molecule has 1 unspecified atom stereocenters. The number of nitrogens with one attached hydrogen (secondary N) is 1. The number of rotatable bonds is 4. The highest BCUT2D eigenvalue weighted by Gasteiger charge is 2.33.